The van der Waals surface area contributed by atoms with Crippen molar-refractivity contribution < 1.29 is 0 Å². The zero-order valence-electron chi connectivity index (χ0n) is 5.68. The second-order valence-corrected chi connectivity index (χ2v) is 2.45. The Labute approximate surface area is 51.5 Å². The van der Waals surface area contributed by atoms with E-state index in [9.17, 15) is 0 Å². The molecular formula is C6H11BN-. The molecule has 0 aromatic heterocycles. The fourth-order valence-corrected chi connectivity index (χ4v) is 0.980. The van der Waals surface area contributed by atoms with E-state index in [2.05, 4.69) is 38.1 Å². The van der Waals surface area contributed by atoms with Gasteiger partial charge >= 0.3 is 0 Å². The van der Waals surface area contributed by atoms with Gasteiger partial charge in [-0.2, -0.15) is 6.54 Å². The van der Waals surface area contributed by atoms with E-state index in [4.69, 9.17) is 0 Å². The molecule has 1 aliphatic heterocycles. The third kappa shape index (κ3) is 0.894. The van der Waals surface area contributed by atoms with Crippen LogP contribution in [0.4, 0.5) is 0 Å². The highest BCUT2D eigenvalue weighted by Gasteiger charge is 2.05. The van der Waals surface area contributed by atoms with Gasteiger partial charge < -0.3 is 4.81 Å². The molecule has 0 spiro atoms. The molecule has 1 aliphatic rings. The molecule has 0 atom stereocenters. The summed E-state index contributed by atoms with van der Waals surface area (Å²) in [7, 11) is 2.09. The minimum Gasteiger partial charge on any atom is -0.415 e. The molecule has 0 aliphatic carbocycles. The first-order valence-electron chi connectivity index (χ1n) is 2.95. The number of rotatable bonds is 0. The predicted molar refractivity (Wildman–Crippen MR) is 37.4 cm³/mol. The highest BCUT2D eigenvalue weighted by atomic mass is 15.0. The first-order chi connectivity index (χ1) is 3.70. The molecule has 0 aromatic carbocycles. The highest BCUT2D eigenvalue weighted by Crippen LogP contribution is 2.13. The maximum Gasteiger partial charge on any atom is 0.132 e. The van der Waals surface area contributed by atoms with Crippen LogP contribution in [0.25, 0.3) is 0 Å². The summed E-state index contributed by atoms with van der Waals surface area (Å²) in [6, 6.07) is 0. The second-order valence-electron chi connectivity index (χ2n) is 2.45. The van der Waals surface area contributed by atoms with Crippen molar-refractivity contribution in [1.82, 2.24) is 4.81 Å². The van der Waals surface area contributed by atoms with E-state index in [1.54, 1.807) is 0 Å². The third-order valence-corrected chi connectivity index (χ3v) is 1.55. The largest absolute Gasteiger partial charge is 0.415 e. The van der Waals surface area contributed by atoms with Crippen LogP contribution in [-0.4, -0.2) is 18.7 Å². The van der Waals surface area contributed by atoms with Crippen LogP contribution in [0.2, 0.25) is 6.82 Å². The molecule has 0 aromatic rings. The number of likely N-dealkylation sites (N-methyl/N-ethyl adjacent to an activating group) is 1. The average molecular weight is 108 g/mol. The normalized spacial score (nSPS) is 20.9. The van der Waals surface area contributed by atoms with Gasteiger partial charge in [0, 0.05) is 0 Å². The van der Waals surface area contributed by atoms with Gasteiger partial charge in [0.1, 0.15) is 6.85 Å². The van der Waals surface area contributed by atoms with E-state index in [1.807, 2.05) is 0 Å². The summed E-state index contributed by atoms with van der Waals surface area (Å²) < 4.78 is 0. The second kappa shape index (κ2) is 1.86. The Kier molecular flexibility index (Phi) is 1.34. The molecule has 0 N–H and O–H groups in total. The van der Waals surface area contributed by atoms with Gasteiger partial charge in [0.15, 0.2) is 0 Å². The summed E-state index contributed by atoms with van der Waals surface area (Å²) >= 11 is 0. The van der Waals surface area contributed by atoms with Crippen LogP contribution < -0.4 is 0 Å². The van der Waals surface area contributed by atoms with Crippen LogP contribution in [0.3, 0.4) is 0 Å². The minimum absolute atomic E-state index is 0.606. The monoisotopic (exact) mass is 108 g/mol. The van der Waals surface area contributed by atoms with Crippen molar-refractivity contribution in [2.75, 3.05) is 7.05 Å². The maximum atomic E-state index is 2.25. The first-order valence-corrected chi connectivity index (χ1v) is 2.95. The van der Waals surface area contributed by atoms with Crippen molar-refractivity contribution in [3.63, 3.8) is 0 Å². The predicted octanol–water partition coefficient (Wildman–Crippen LogP) is 1.20. The van der Waals surface area contributed by atoms with Gasteiger partial charge in [-0.15, -0.1) is 0 Å². The van der Waals surface area contributed by atoms with Crippen molar-refractivity contribution in [2.45, 2.75) is 13.7 Å². The Bertz CT molecular complexity index is 120. The molecule has 0 saturated carbocycles. The summed E-state index contributed by atoms with van der Waals surface area (Å²) in [5, 5.41) is 0. The van der Waals surface area contributed by atoms with Crippen LogP contribution >= 0.6 is 0 Å². The van der Waals surface area contributed by atoms with Gasteiger partial charge in [0.2, 0.25) is 0 Å². The zero-order chi connectivity index (χ0) is 6.15. The Morgan fingerprint density at radius 3 is 2.50 bits per heavy atom. The van der Waals surface area contributed by atoms with E-state index in [0.29, 0.717) is 6.85 Å². The van der Waals surface area contributed by atoms with Gasteiger partial charge in [0.05, 0.1) is 0 Å². The fourth-order valence-electron chi connectivity index (χ4n) is 0.980. The molecule has 0 fully saturated rings. The summed E-state index contributed by atoms with van der Waals surface area (Å²) in [4.78, 5) is 2.20. The average Bonchev–Trinajstić information content (AvgIpc) is 1.85. The molecule has 1 nitrogen and oxygen atoms in total. The quantitative estimate of drug-likeness (QED) is 0.333. The SMILES string of the molecule is CB1C=C(C)[CH-]N1C. The molecule has 8 heavy (non-hydrogen) atoms. The van der Waals surface area contributed by atoms with E-state index < -0.39 is 0 Å². The number of hydrogen-bond acceptors (Lipinski definition) is 1. The topological polar surface area (TPSA) is 3.24 Å². The summed E-state index contributed by atoms with van der Waals surface area (Å²) in [5.41, 5.74) is 1.38. The molecule has 44 valence electrons. The van der Waals surface area contributed by atoms with E-state index in [0.717, 1.165) is 0 Å². The van der Waals surface area contributed by atoms with Crippen LogP contribution in [-0.2, 0) is 0 Å². The Morgan fingerprint density at radius 2 is 2.38 bits per heavy atom. The fraction of sp³-hybridized carbons (Fsp3) is 0.500. The van der Waals surface area contributed by atoms with Gasteiger partial charge in [0.25, 0.3) is 0 Å². The smallest absolute Gasteiger partial charge is 0.132 e. The number of hydrogen-bond donors (Lipinski definition) is 0. The van der Waals surface area contributed by atoms with Crippen molar-refractivity contribution >= 4 is 6.85 Å². The van der Waals surface area contributed by atoms with Crippen molar-refractivity contribution in [3.8, 4) is 0 Å². The van der Waals surface area contributed by atoms with Crippen LogP contribution in [0, 0.1) is 6.54 Å². The third-order valence-electron chi connectivity index (χ3n) is 1.55. The van der Waals surface area contributed by atoms with Gasteiger partial charge in [-0.05, 0) is 7.05 Å². The molecule has 1 rings (SSSR count). The maximum absolute atomic E-state index is 2.25. The zero-order valence-corrected chi connectivity index (χ0v) is 5.68. The van der Waals surface area contributed by atoms with E-state index in [-0.39, 0.29) is 0 Å². The lowest BCUT2D eigenvalue weighted by Gasteiger charge is -2.19. The Balaban J connectivity index is 2.56. The van der Waals surface area contributed by atoms with Crippen molar-refractivity contribution in [3.05, 3.63) is 18.1 Å². The first kappa shape index (κ1) is 5.77. The van der Waals surface area contributed by atoms with E-state index >= 15 is 0 Å². The molecular weight excluding hydrogens is 96.9 g/mol. The molecule has 2 heteroatoms. The van der Waals surface area contributed by atoms with Gasteiger partial charge in [-0.3, -0.25) is 0 Å². The number of nitrogens with zero attached hydrogens (tertiary/aromatic N) is 1. The Hall–Kier alpha value is -0.365. The minimum atomic E-state index is 0.606. The summed E-state index contributed by atoms with van der Waals surface area (Å²) in [5.74, 6) is 2.25. The molecule has 0 unspecified atom stereocenters. The lowest BCUT2D eigenvalue weighted by molar-refractivity contribution is 0.671. The standard InChI is InChI=1S/C6H11BN/c1-6-4-7(2)8(3)5-6/h4-5H,1-3H3/q-1. The molecule has 0 bridgehead atoms. The van der Waals surface area contributed by atoms with Crippen molar-refractivity contribution in [2.24, 2.45) is 0 Å². The van der Waals surface area contributed by atoms with Crippen molar-refractivity contribution in [1.29, 1.82) is 0 Å². The summed E-state index contributed by atoms with van der Waals surface area (Å²) in [6.07, 6.45) is 0. The summed E-state index contributed by atoms with van der Waals surface area (Å²) in [6.45, 7) is 7.08. The van der Waals surface area contributed by atoms with Gasteiger partial charge in [-0.25, -0.2) is 11.5 Å². The molecule has 0 amide bonds. The Morgan fingerprint density at radius 1 is 1.75 bits per heavy atom. The molecule has 1 heterocycles. The van der Waals surface area contributed by atoms with E-state index in [1.165, 1.54) is 5.57 Å². The lowest BCUT2D eigenvalue weighted by atomic mass is 9.65. The highest BCUT2D eigenvalue weighted by molar-refractivity contribution is 6.61. The lowest BCUT2D eigenvalue weighted by Crippen LogP contribution is -2.23. The van der Waals surface area contributed by atoms with Crippen LogP contribution in [0.5, 0.6) is 0 Å². The van der Waals surface area contributed by atoms with Crippen LogP contribution in [0.1, 0.15) is 6.92 Å². The molecule has 0 radical (unpaired) electrons. The molecule has 0 saturated heterocycles. The van der Waals surface area contributed by atoms with Gasteiger partial charge in [-0.1, -0.05) is 13.7 Å². The van der Waals surface area contributed by atoms with Crippen LogP contribution in [0.15, 0.2) is 11.5 Å².